The molecule has 0 spiro atoms. The third kappa shape index (κ3) is 4.73. The van der Waals surface area contributed by atoms with Crippen LogP contribution in [-0.4, -0.2) is 59.5 Å². The van der Waals surface area contributed by atoms with Crippen molar-refractivity contribution in [1.29, 1.82) is 0 Å². The van der Waals surface area contributed by atoms with Crippen LogP contribution in [0, 0.1) is 5.92 Å². The first kappa shape index (κ1) is 21.3. The zero-order chi connectivity index (χ0) is 22.4. The number of hydrogen-bond acceptors (Lipinski definition) is 5. The number of aromatic nitrogens is 2. The first-order valence-corrected chi connectivity index (χ1v) is 11.4. The molecule has 12 heteroatoms. The van der Waals surface area contributed by atoms with E-state index >= 15 is 0 Å². The number of alkyl halides is 3. The van der Waals surface area contributed by atoms with E-state index in [2.05, 4.69) is 10.4 Å². The highest BCUT2D eigenvalue weighted by Crippen LogP contribution is 2.32. The quantitative estimate of drug-likeness (QED) is 0.760. The maximum atomic E-state index is 13.0. The third-order valence-corrected chi connectivity index (χ3v) is 6.84. The van der Waals surface area contributed by atoms with Crippen LogP contribution in [0.3, 0.4) is 0 Å². The van der Waals surface area contributed by atoms with Crippen LogP contribution in [-0.2, 0) is 20.8 Å². The van der Waals surface area contributed by atoms with Gasteiger partial charge in [-0.15, -0.1) is 0 Å². The Morgan fingerprint density at radius 3 is 2.39 bits per heavy atom. The number of carbonyl (C=O) groups excluding carboxylic acids is 2. The fourth-order valence-electron chi connectivity index (χ4n) is 3.26. The second-order valence-corrected chi connectivity index (χ2v) is 9.91. The summed E-state index contributed by atoms with van der Waals surface area (Å²) >= 11 is 0. The van der Waals surface area contributed by atoms with Crippen molar-refractivity contribution in [3.05, 3.63) is 41.7 Å². The summed E-state index contributed by atoms with van der Waals surface area (Å²) in [6.07, 6.45) is -1.64. The Balaban J connectivity index is 1.69. The normalized spacial score (nSPS) is 18.6. The van der Waals surface area contributed by atoms with Crippen molar-refractivity contribution in [2.75, 3.05) is 29.9 Å². The zero-order valence-corrected chi connectivity index (χ0v) is 17.0. The summed E-state index contributed by atoms with van der Waals surface area (Å²) in [5.41, 5.74) is -0.542. The van der Waals surface area contributed by atoms with Gasteiger partial charge in [-0.25, -0.2) is 13.1 Å². The highest BCUT2D eigenvalue weighted by Gasteiger charge is 2.34. The van der Waals surface area contributed by atoms with Gasteiger partial charge < -0.3 is 10.2 Å². The van der Waals surface area contributed by atoms with Crippen molar-refractivity contribution in [1.82, 2.24) is 14.7 Å². The maximum Gasteiger partial charge on any atom is 0.419 e. The molecular formula is C19H19F3N4O4S. The summed E-state index contributed by atoms with van der Waals surface area (Å²) in [5, 5.41) is 6.45. The van der Waals surface area contributed by atoms with Gasteiger partial charge in [-0.05, 0) is 31.0 Å². The van der Waals surface area contributed by atoms with Crippen LogP contribution in [0.15, 0.2) is 30.6 Å². The van der Waals surface area contributed by atoms with Crippen LogP contribution < -0.4 is 5.32 Å². The fraction of sp³-hybridized carbons (Fsp3) is 0.421. The average molecular weight is 456 g/mol. The molecule has 1 aliphatic heterocycles. The molecule has 1 aromatic heterocycles. The number of halogens is 3. The summed E-state index contributed by atoms with van der Waals surface area (Å²) in [7, 11) is -3.21. The van der Waals surface area contributed by atoms with Crippen LogP contribution in [0.5, 0.6) is 0 Å². The molecule has 0 radical (unpaired) electrons. The lowest BCUT2D eigenvalue weighted by molar-refractivity contribution is -0.137. The first-order chi connectivity index (χ1) is 14.5. The van der Waals surface area contributed by atoms with Crippen LogP contribution in [0.25, 0.3) is 5.69 Å². The van der Waals surface area contributed by atoms with E-state index in [9.17, 15) is 31.2 Å². The minimum atomic E-state index is -4.61. The maximum absolute atomic E-state index is 13.0. The number of benzene rings is 1. The van der Waals surface area contributed by atoms with Gasteiger partial charge in [-0.2, -0.15) is 18.3 Å². The van der Waals surface area contributed by atoms with E-state index in [0.29, 0.717) is 11.9 Å². The van der Waals surface area contributed by atoms with E-state index in [0.717, 1.165) is 23.7 Å². The summed E-state index contributed by atoms with van der Waals surface area (Å²) in [4.78, 5) is 26.5. The molecule has 0 atom stereocenters. The molecule has 1 N–H and O–H groups in total. The van der Waals surface area contributed by atoms with Gasteiger partial charge in [0.05, 0.1) is 34.5 Å². The molecule has 2 fully saturated rings. The van der Waals surface area contributed by atoms with Crippen molar-refractivity contribution >= 4 is 27.3 Å². The largest absolute Gasteiger partial charge is 0.419 e. The van der Waals surface area contributed by atoms with Gasteiger partial charge in [0.15, 0.2) is 9.84 Å². The van der Waals surface area contributed by atoms with E-state index in [1.54, 1.807) is 0 Å². The van der Waals surface area contributed by atoms with Gasteiger partial charge in [-0.3, -0.25) is 9.59 Å². The summed E-state index contributed by atoms with van der Waals surface area (Å²) < 4.78 is 63.4. The lowest BCUT2D eigenvalue weighted by atomic mass is 10.1. The SMILES string of the molecule is O=C(Nc1ccc(C(=O)N2CCS(=O)(=O)CC2)c(-n2cc(C(F)(F)F)cn2)c1)C1CC1. The van der Waals surface area contributed by atoms with E-state index in [4.69, 9.17) is 0 Å². The zero-order valence-electron chi connectivity index (χ0n) is 16.2. The van der Waals surface area contributed by atoms with E-state index in [1.807, 2.05) is 0 Å². The predicted molar refractivity (Wildman–Crippen MR) is 104 cm³/mol. The molecule has 2 aliphatic rings. The van der Waals surface area contributed by atoms with E-state index in [1.165, 1.54) is 23.1 Å². The van der Waals surface area contributed by atoms with Crippen molar-refractivity contribution in [3.8, 4) is 5.69 Å². The number of sulfone groups is 1. The lowest BCUT2D eigenvalue weighted by Gasteiger charge is -2.27. The molecule has 0 unspecified atom stereocenters. The number of nitrogens with zero attached hydrogens (tertiary/aromatic N) is 3. The Morgan fingerprint density at radius 1 is 1.13 bits per heavy atom. The van der Waals surface area contributed by atoms with E-state index < -0.39 is 27.5 Å². The van der Waals surface area contributed by atoms with Gasteiger partial charge in [-0.1, -0.05) is 0 Å². The van der Waals surface area contributed by atoms with Crippen molar-refractivity contribution in [3.63, 3.8) is 0 Å². The molecule has 1 saturated carbocycles. The average Bonchev–Trinajstić information content (AvgIpc) is 3.43. The molecule has 1 saturated heterocycles. The number of anilines is 1. The highest BCUT2D eigenvalue weighted by molar-refractivity contribution is 7.91. The molecule has 8 nitrogen and oxygen atoms in total. The van der Waals surface area contributed by atoms with Crippen molar-refractivity contribution < 1.29 is 31.2 Å². The summed E-state index contributed by atoms with van der Waals surface area (Å²) in [6.45, 7) is -0.0125. The molecule has 31 heavy (non-hydrogen) atoms. The summed E-state index contributed by atoms with van der Waals surface area (Å²) in [6, 6.07) is 4.28. The lowest BCUT2D eigenvalue weighted by Crippen LogP contribution is -2.44. The minimum Gasteiger partial charge on any atom is -0.337 e. The molecule has 1 aliphatic carbocycles. The number of rotatable bonds is 4. The number of hydrogen-bond donors (Lipinski definition) is 1. The standard InChI is InChI=1S/C19H19F3N4O4S/c20-19(21,22)13-10-23-26(11-13)16-9-14(24-17(27)12-1-2-12)3-4-15(16)18(28)25-5-7-31(29,30)8-6-25/h3-4,9-12H,1-2,5-8H2,(H,24,27). The number of amides is 2. The molecule has 4 rings (SSSR count). The second kappa shape index (κ2) is 7.66. The summed E-state index contributed by atoms with van der Waals surface area (Å²) in [5.74, 6) is -1.15. The van der Waals surface area contributed by atoms with Gasteiger partial charge in [0.25, 0.3) is 5.91 Å². The Hall–Kier alpha value is -2.89. The Labute approximate surface area is 175 Å². The monoisotopic (exact) mass is 456 g/mol. The van der Waals surface area contributed by atoms with Crippen molar-refractivity contribution in [2.24, 2.45) is 5.92 Å². The van der Waals surface area contributed by atoms with Crippen molar-refractivity contribution in [2.45, 2.75) is 19.0 Å². The molecule has 1 aromatic carbocycles. The Bertz CT molecular complexity index is 1130. The van der Waals surface area contributed by atoms with Gasteiger partial charge in [0, 0.05) is 30.9 Å². The fourth-order valence-corrected chi connectivity index (χ4v) is 4.46. The molecular weight excluding hydrogens is 437 g/mol. The molecule has 2 amide bonds. The minimum absolute atomic E-state index is 0.00627. The van der Waals surface area contributed by atoms with Gasteiger partial charge >= 0.3 is 6.18 Å². The molecule has 2 heterocycles. The smallest absolute Gasteiger partial charge is 0.337 e. The van der Waals surface area contributed by atoms with Gasteiger partial charge in [0.2, 0.25) is 5.91 Å². The highest BCUT2D eigenvalue weighted by atomic mass is 32.2. The third-order valence-electron chi connectivity index (χ3n) is 5.23. The predicted octanol–water partition coefficient (Wildman–Crippen LogP) is 2.11. The second-order valence-electron chi connectivity index (χ2n) is 7.61. The van der Waals surface area contributed by atoms with Crippen LogP contribution in [0.2, 0.25) is 0 Å². The van der Waals surface area contributed by atoms with E-state index in [-0.39, 0.29) is 47.7 Å². The number of carbonyl (C=O) groups is 2. The first-order valence-electron chi connectivity index (χ1n) is 9.60. The molecule has 2 aromatic rings. The van der Waals surface area contributed by atoms with Gasteiger partial charge in [0.1, 0.15) is 0 Å². The topological polar surface area (TPSA) is 101 Å². The van der Waals surface area contributed by atoms with Crippen LogP contribution in [0.4, 0.5) is 18.9 Å². The molecule has 0 bridgehead atoms. The Morgan fingerprint density at radius 2 is 1.81 bits per heavy atom. The number of nitrogens with one attached hydrogen (secondary N) is 1. The molecule has 166 valence electrons. The Kier molecular flexibility index (Phi) is 5.28. The van der Waals surface area contributed by atoms with Crippen LogP contribution in [0.1, 0.15) is 28.8 Å². The van der Waals surface area contributed by atoms with Crippen LogP contribution >= 0.6 is 0 Å².